The van der Waals surface area contributed by atoms with Gasteiger partial charge in [-0.25, -0.2) is 0 Å². The molecule has 66 heavy (non-hydrogen) atoms. The second-order valence-corrected chi connectivity index (χ2v) is 15.4. The van der Waals surface area contributed by atoms with Gasteiger partial charge in [-0.15, -0.1) is 0 Å². The Morgan fingerprint density at radius 3 is 1.23 bits per heavy atom. The van der Waals surface area contributed by atoms with Crippen LogP contribution in [0, 0.1) is 0 Å². The number of carbonyl (C=O) groups is 4. The molecule has 1 aromatic carbocycles. The number of aliphatic hydroxyl groups excluding tert-OH is 3. The van der Waals surface area contributed by atoms with Gasteiger partial charge in [0, 0.05) is 99.9 Å². The summed E-state index contributed by atoms with van der Waals surface area (Å²) in [5.41, 5.74) is -3.81. The van der Waals surface area contributed by atoms with Crippen LogP contribution in [0.4, 0.5) is 5.69 Å². The third kappa shape index (κ3) is 13.7. The Kier molecular flexibility index (Phi) is 19.4. The zero-order chi connectivity index (χ0) is 48.4. The van der Waals surface area contributed by atoms with Crippen LogP contribution in [-0.2, 0) is 19.6 Å². The summed E-state index contributed by atoms with van der Waals surface area (Å²) in [7, 11) is 1.64. The number of pyridine rings is 3. The lowest BCUT2D eigenvalue weighted by atomic mass is 9.83. The van der Waals surface area contributed by atoms with Crippen molar-refractivity contribution in [3.8, 4) is 17.2 Å². The molecule has 356 valence electrons. The molecule has 0 radical (unpaired) electrons. The van der Waals surface area contributed by atoms with E-state index in [1.54, 1.807) is 31.3 Å². The molecule has 0 atom stereocenters. The molecule has 0 aliphatic rings. The zero-order valence-corrected chi connectivity index (χ0v) is 37.0. The van der Waals surface area contributed by atoms with E-state index in [0.29, 0.717) is 10.8 Å². The van der Waals surface area contributed by atoms with Gasteiger partial charge in [-0.05, 0) is 75.0 Å². The van der Waals surface area contributed by atoms with Gasteiger partial charge in [-0.3, -0.25) is 33.6 Å². The Balaban J connectivity index is 1.64. The van der Waals surface area contributed by atoms with Crippen molar-refractivity contribution in [2.45, 2.75) is 63.7 Å². The predicted molar refractivity (Wildman–Crippen MR) is 245 cm³/mol. The van der Waals surface area contributed by atoms with Gasteiger partial charge in [0.15, 0.2) is 39.4 Å². The average molecular weight is 938 g/mol. The van der Waals surface area contributed by atoms with Crippen LogP contribution in [0.3, 0.4) is 0 Å². The van der Waals surface area contributed by atoms with Crippen LogP contribution in [-0.4, -0.2) is 125 Å². The molecular weight excluding hydrogens is 883 g/mol. The Hall–Kier alpha value is -7.08. The number of aromatic nitrogens is 3. The third-order valence-corrected chi connectivity index (χ3v) is 10.8. The molecule has 3 aromatic heterocycles. The van der Waals surface area contributed by atoms with Crippen LogP contribution in [0.5, 0.6) is 17.2 Å². The summed E-state index contributed by atoms with van der Waals surface area (Å²) in [5.74, 6) is -5.36. The fourth-order valence-electron chi connectivity index (χ4n) is 7.20. The fraction of sp³-hybridized carbons (Fsp3) is 0.395. The Bertz CT molecular complexity index is 2330. The fourth-order valence-corrected chi connectivity index (χ4v) is 7.32. The second kappa shape index (κ2) is 24.8. The van der Waals surface area contributed by atoms with Crippen LogP contribution in [0.15, 0.2) is 75.4 Å². The third-order valence-electron chi connectivity index (χ3n) is 10.5. The van der Waals surface area contributed by atoms with Crippen molar-refractivity contribution in [2.24, 2.45) is 0 Å². The molecule has 0 saturated heterocycles. The van der Waals surface area contributed by atoms with E-state index in [4.69, 9.17) is 12.2 Å². The number of hydrogen-bond donors (Lipinski definition) is 12. The summed E-state index contributed by atoms with van der Waals surface area (Å²) in [6, 6.07) is 9.57. The number of amides is 4. The Morgan fingerprint density at radius 2 is 0.909 bits per heavy atom. The molecule has 0 saturated carbocycles. The number of aromatic hydroxyl groups is 3. The Morgan fingerprint density at radius 1 is 0.561 bits per heavy atom. The number of thiocarbonyl (C=S) groups is 1. The minimum absolute atomic E-state index is 0.0390. The highest BCUT2D eigenvalue weighted by Crippen LogP contribution is 2.27. The van der Waals surface area contributed by atoms with E-state index in [9.17, 15) is 64.2 Å². The molecule has 0 aliphatic heterocycles. The van der Waals surface area contributed by atoms with E-state index < -0.39 is 82.5 Å². The number of hydrogen-bond acceptors (Lipinski definition) is 14. The first-order chi connectivity index (χ1) is 31.6. The topological polar surface area (TPSA) is 328 Å². The highest BCUT2D eigenvalue weighted by molar-refractivity contribution is 7.80. The molecule has 22 nitrogen and oxygen atoms in total. The average Bonchev–Trinajstić information content (AvgIpc) is 3.29. The SMILES string of the molecule is CNC(=S)Nc1ccc(C(=O)NC(CCCNC(=O)c2c(O)c(=O)ccn2CCO)(CCCNC(=O)c2c(O)c(=O)ccn2CCO)CCCNC(=O)c2c(O)c(=O)ccn2CCO)cc1. The maximum Gasteiger partial charge on any atom is 0.271 e. The van der Waals surface area contributed by atoms with E-state index in [-0.39, 0.29) is 100 Å². The maximum atomic E-state index is 14.1. The van der Waals surface area contributed by atoms with E-state index >= 15 is 0 Å². The first-order valence-electron chi connectivity index (χ1n) is 21.0. The molecule has 0 unspecified atom stereocenters. The number of carbonyl (C=O) groups excluding carboxylic acids is 4. The first kappa shape index (κ1) is 51.6. The summed E-state index contributed by atoms with van der Waals surface area (Å²) >= 11 is 5.17. The van der Waals surface area contributed by atoms with Gasteiger partial charge in [0.05, 0.1) is 19.8 Å². The summed E-state index contributed by atoms with van der Waals surface area (Å²) in [6.07, 6.45) is 4.82. The number of rotatable bonds is 24. The van der Waals surface area contributed by atoms with Crippen molar-refractivity contribution < 1.29 is 49.8 Å². The lowest BCUT2D eigenvalue weighted by Crippen LogP contribution is -2.50. The lowest BCUT2D eigenvalue weighted by molar-refractivity contribution is 0.0856. The van der Waals surface area contributed by atoms with Crippen molar-refractivity contribution in [3.05, 3.63) is 114 Å². The van der Waals surface area contributed by atoms with Crippen LogP contribution in [0.1, 0.15) is 80.3 Å². The van der Waals surface area contributed by atoms with Crippen LogP contribution in [0.25, 0.3) is 0 Å². The molecule has 4 aromatic rings. The summed E-state index contributed by atoms with van der Waals surface area (Å²) in [5, 5.41) is 77.2. The van der Waals surface area contributed by atoms with Gasteiger partial charge in [-0.1, -0.05) is 0 Å². The molecule has 0 bridgehead atoms. The summed E-state index contributed by atoms with van der Waals surface area (Å²) in [6.45, 7) is -1.57. The van der Waals surface area contributed by atoms with Gasteiger partial charge in [0.2, 0.25) is 16.3 Å². The van der Waals surface area contributed by atoms with Gasteiger partial charge in [0.1, 0.15) is 0 Å². The molecule has 23 heteroatoms. The van der Waals surface area contributed by atoms with Crippen molar-refractivity contribution >= 4 is 46.6 Å². The van der Waals surface area contributed by atoms with Crippen molar-refractivity contribution in [3.63, 3.8) is 0 Å². The first-order valence-corrected chi connectivity index (χ1v) is 21.4. The molecule has 12 N–H and O–H groups in total. The molecular formula is C43H55N9O13S. The quantitative estimate of drug-likeness (QED) is 0.0305. The Labute approximate surface area is 382 Å². The molecule has 4 rings (SSSR count). The van der Waals surface area contributed by atoms with Crippen molar-refractivity contribution in [1.29, 1.82) is 0 Å². The van der Waals surface area contributed by atoms with Crippen molar-refractivity contribution in [2.75, 3.05) is 51.8 Å². The van der Waals surface area contributed by atoms with Crippen molar-refractivity contribution in [1.82, 2.24) is 40.3 Å². The maximum absolute atomic E-state index is 14.1. The largest absolute Gasteiger partial charge is 0.503 e. The van der Waals surface area contributed by atoms with E-state index in [1.165, 1.54) is 32.3 Å². The molecule has 0 spiro atoms. The smallest absolute Gasteiger partial charge is 0.271 e. The normalized spacial score (nSPS) is 11.1. The van der Waals surface area contributed by atoms with E-state index in [2.05, 4.69) is 31.9 Å². The minimum Gasteiger partial charge on any atom is -0.503 e. The van der Waals surface area contributed by atoms with Gasteiger partial charge < -0.3 is 76.2 Å². The molecule has 4 amide bonds. The van der Waals surface area contributed by atoms with Gasteiger partial charge in [-0.2, -0.15) is 0 Å². The van der Waals surface area contributed by atoms with Gasteiger partial charge >= 0.3 is 0 Å². The number of nitrogens with zero attached hydrogens (tertiary/aromatic N) is 3. The summed E-state index contributed by atoms with van der Waals surface area (Å²) < 4.78 is 3.68. The van der Waals surface area contributed by atoms with Crippen LogP contribution < -0.4 is 48.2 Å². The number of nitrogens with one attached hydrogen (secondary N) is 6. The minimum atomic E-state index is -1.16. The van der Waals surface area contributed by atoms with E-state index in [1.807, 2.05) is 0 Å². The number of aliphatic hydroxyl groups is 3. The lowest BCUT2D eigenvalue weighted by Gasteiger charge is -2.36. The van der Waals surface area contributed by atoms with Crippen LogP contribution >= 0.6 is 12.2 Å². The summed E-state index contributed by atoms with van der Waals surface area (Å²) in [4.78, 5) is 90.8. The highest BCUT2D eigenvalue weighted by atomic mass is 32.1. The van der Waals surface area contributed by atoms with Gasteiger partial charge in [0.25, 0.3) is 23.6 Å². The molecule has 0 aliphatic carbocycles. The zero-order valence-electron chi connectivity index (χ0n) is 36.2. The monoisotopic (exact) mass is 937 g/mol. The molecule has 3 heterocycles. The van der Waals surface area contributed by atoms with E-state index in [0.717, 1.165) is 18.2 Å². The number of benzene rings is 1. The standard InChI is InChI=1S/C43H55N9O13S/c1-44-42(66)48-28-7-5-27(6-8-28)38(62)49-43(12-2-15-45-39(63)32-35(59)29(56)9-18-50(32)21-24-53,13-3-16-46-40(64)33-36(60)30(57)10-19-51(33)22-25-54)14-4-17-47-41(65)34-37(61)31(58)11-20-52(34)23-26-55/h5-11,18-20,53-55,59-61H,2-4,12-17,21-26H2,1H3,(H,45,63)(H,46,64)(H,47,65)(H,49,62)(H2,44,48,66). The second-order valence-electron chi connectivity index (χ2n) is 15.0. The predicted octanol–water partition coefficient (Wildman–Crippen LogP) is -0.719. The number of anilines is 1. The molecule has 0 fully saturated rings. The highest BCUT2D eigenvalue weighted by Gasteiger charge is 2.32. The van der Waals surface area contributed by atoms with Crippen LogP contribution in [0.2, 0.25) is 0 Å².